The van der Waals surface area contributed by atoms with Crippen molar-refractivity contribution < 1.29 is 14.3 Å². The minimum atomic E-state index is -1.22. The number of hydrogen-bond donors (Lipinski definition) is 1. The molecule has 4 nitrogen and oxygen atoms in total. The number of benzene rings is 1. The molecule has 0 atom stereocenters. The minimum Gasteiger partial charge on any atom is -0.477 e. The second kappa shape index (κ2) is 4.34. The third-order valence-electron chi connectivity index (χ3n) is 2.64. The van der Waals surface area contributed by atoms with Crippen LogP contribution in [0.2, 0.25) is 0 Å². The molecule has 0 aliphatic rings. The Morgan fingerprint density at radius 2 is 2.17 bits per heavy atom. The first kappa shape index (κ1) is 11.9. The van der Waals surface area contributed by atoms with Crippen LogP contribution in [-0.4, -0.2) is 15.6 Å². The van der Waals surface area contributed by atoms with E-state index < -0.39 is 11.8 Å². The van der Waals surface area contributed by atoms with Gasteiger partial charge in [0.15, 0.2) is 0 Å². The maximum Gasteiger partial charge on any atom is 0.354 e. The molecular formula is C13H9FN2O2. The average molecular weight is 244 g/mol. The van der Waals surface area contributed by atoms with E-state index in [4.69, 9.17) is 10.4 Å². The summed E-state index contributed by atoms with van der Waals surface area (Å²) in [5, 5.41) is 18.0. The standard InChI is InChI=1S/C13H9FN2O2/c1-8-2-3-10(14)6-11(8)16-5-4-9(7-15)12(16)13(17)18/h2-6H,1H3,(H,17,18). The second-order valence-corrected chi connectivity index (χ2v) is 3.80. The zero-order chi connectivity index (χ0) is 13.3. The van der Waals surface area contributed by atoms with Crippen LogP contribution in [0, 0.1) is 24.1 Å². The number of rotatable bonds is 2. The summed E-state index contributed by atoms with van der Waals surface area (Å²) in [6.45, 7) is 1.74. The van der Waals surface area contributed by atoms with Crippen LogP contribution >= 0.6 is 0 Å². The first-order chi connectivity index (χ1) is 8.54. The lowest BCUT2D eigenvalue weighted by Crippen LogP contribution is -2.09. The summed E-state index contributed by atoms with van der Waals surface area (Å²) in [4.78, 5) is 11.2. The van der Waals surface area contributed by atoms with Crippen LogP contribution in [0.5, 0.6) is 0 Å². The Morgan fingerprint density at radius 1 is 1.44 bits per heavy atom. The van der Waals surface area contributed by atoms with Gasteiger partial charge in [0.2, 0.25) is 0 Å². The molecule has 90 valence electrons. The van der Waals surface area contributed by atoms with Gasteiger partial charge < -0.3 is 9.67 Å². The number of nitrogens with zero attached hydrogens (tertiary/aromatic N) is 2. The van der Waals surface area contributed by atoms with Gasteiger partial charge >= 0.3 is 5.97 Å². The van der Waals surface area contributed by atoms with Crippen molar-refractivity contribution in [2.45, 2.75) is 6.92 Å². The van der Waals surface area contributed by atoms with Gasteiger partial charge in [0.05, 0.1) is 11.3 Å². The van der Waals surface area contributed by atoms with E-state index in [9.17, 15) is 9.18 Å². The molecule has 0 radical (unpaired) electrons. The molecule has 0 saturated carbocycles. The van der Waals surface area contributed by atoms with Crippen LogP contribution in [0.3, 0.4) is 0 Å². The van der Waals surface area contributed by atoms with E-state index in [-0.39, 0.29) is 11.3 Å². The van der Waals surface area contributed by atoms with Crippen molar-refractivity contribution in [1.29, 1.82) is 5.26 Å². The molecular weight excluding hydrogens is 235 g/mol. The van der Waals surface area contributed by atoms with Gasteiger partial charge in [-0.3, -0.25) is 0 Å². The Hall–Kier alpha value is -2.61. The number of carbonyl (C=O) groups is 1. The molecule has 0 saturated heterocycles. The molecule has 1 N–H and O–H groups in total. The summed E-state index contributed by atoms with van der Waals surface area (Å²) in [6.07, 6.45) is 1.45. The Balaban J connectivity index is 2.72. The van der Waals surface area contributed by atoms with Crippen LogP contribution in [-0.2, 0) is 0 Å². The van der Waals surface area contributed by atoms with Gasteiger partial charge in [-0.25, -0.2) is 9.18 Å². The number of aryl methyl sites for hydroxylation is 1. The van der Waals surface area contributed by atoms with Gasteiger partial charge in [0, 0.05) is 6.20 Å². The summed E-state index contributed by atoms with van der Waals surface area (Å²) in [6, 6.07) is 7.30. The van der Waals surface area contributed by atoms with Gasteiger partial charge in [-0.1, -0.05) is 6.07 Å². The largest absolute Gasteiger partial charge is 0.477 e. The number of hydrogen-bond acceptors (Lipinski definition) is 2. The van der Waals surface area contributed by atoms with Crippen molar-refractivity contribution in [2.24, 2.45) is 0 Å². The molecule has 1 aromatic carbocycles. The molecule has 0 fully saturated rings. The number of carboxylic acid groups (broad SMARTS) is 1. The van der Waals surface area contributed by atoms with Crippen LogP contribution in [0.15, 0.2) is 30.5 Å². The number of nitriles is 1. The molecule has 0 unspecified atom stereocenters. The van der Waals surface area contributed by atoms with E-state index in [0.29, 0.717) is 5.69 Å². The van der Waals surface area contributed by atoms with Crippen LogP contribution < -0.4 is 0 Å². The molecule has 0 bridgehead atoms. The SMILES string of the molecule is Cc1ccc(F)cc1-n1ccc(C#N)c1C(=O)O. The molecule has 5 heteroatoms. The van der Waals surface area contributed by atoms with E-state index in [2.05, 4.69) is 0 Å². The van der Waals surface area contributed by atoms with Gasteiger partial charge in [-0.05, 0) is 30.7 Å². The highest BCUT2D eigenvalue weighted by atomic mass is 19.1. The van der Waals surface area contributed by atoms with Crippen molar-refractivity contribution in [2.75, 3.05) is 0 Å². The van der Waals surface area contributed by atoms with Crippen molar-refractivity contribution >= 4 is 5.97 Å². The molecule has 1 aromatic heterocycles. The summed E-state index contributed by atoms with van der Waals surface area (Å²) >= 11 is 0. The zero-order valence-electron chi connectivity index (χ0n) is 9.51. The van der Waals surface area contributed by atoms with Gasteiger partial charge in [0.1, 0.15) is 17.6 Å². The van der Waals surface area contributed by atoms with E-state index in [0.717, 1.165) is 5.56 Å². The first-order valence-corrected chi connectivity index (χ1v) is 5.16. The van der Waals surface area contributed by atoms with Crippen molar-refractivity contribution in [1.82, 2.24) is 4.57 Å². The van der Waals surface area contributed by atoms with E-state index in [1.165, 1.54) is 29.0 Å². The second-order valence-electron chi connectivity index (χ2n) is 3.80. The zero-order valence-corrected chi connectivity index (χ0v) is 9.51. The van der Waals surface area contributed by atoms with E-state index in [1.807, 2.05) is 0 Å². The maximum atomic E-state index is 13.2. The molecule has 0 aliphatic carbocycles. The van der Waals surface area contributed by atoms with Gasteiger partial charge in [-0.15, -0.1) is 0 Å². The summed E-state index contributed by atoms with van der Waals surface area (Å²) in [5.41, 5.74) is 1.02. The minimum absolute atomic E-state index is 0.0474. The highest BCUT2D eigenvalue weighted by molar-refractivity contribution is 5.89. The summed E-state index contributed by atoms with van der Waals surface area (Å²) < 4.78 is 14.5. The molecule has 0 amide bonds. The highest BCUT2D eigenvalue weighted by Crippen LogP contribution is 2.21. The number of carboxylic acids is 1. The Labute approximate surface area is 103 Å². The fourth-order valence-electron chi connectivity index (χ4n) is 1.78. The monoisotopic (exact) mass is 244 g/mol. The third kappa shape index (κ3) is 1.84. The Kier molecular flexibility index (Phi) is 2.86. The quantitative estimate of drug-likeness (QED) is 0.882. The highest BCUT2D eigenvalue weighted by Gasteiger charge is 2.18. The molecule has 1 heterocycles. The lowest BCUT2D eigenvalue weighted by molar-refractivity contribution is 0.0688. The third-order valence-corrected chi connectivity index (χ3v) is 2.64. The topological polar surface area (TPSA) is 66.0 Å². The van der Waals surface area contributed by atoms with E-state index in [1.54, 1.807) is 19.1 Å². The van der Waals surface area contributed by atoms with Crippen molar-refractivity contribution in [3.05, 3.63) is 53.1 Å². The summed E-state index contributed by atoms with van der Waals surface area (Å²) in [5.74, 6) is -1.68. The maximum absolute atomic E-state index is 13.2. The normalized spacial score (nSPS) is 10.1. The van der Waals surface area contributed by atoms with Gasteiger partial charge in [0.25, 0.3) is 0 Å². The first-order valence-electron chi connectivity index (χ1n) is 5.16. The van der Waals surface area contributed by atoms with Crippen molar-refractivity contribution in [3.8, 4) is 11.8 Å². The fourth-order valence-corrected chi connectivity index (χ4v) is 1.78. The molecule has 2 aromatic rings. The predicted molar refractivity (Wildman–Crippen MR) is 62.1 cm³/mol. The van der Waals surface area contributed by atoms with Gasteiger partial charge in [-0.2, -0.15) is 5.26 Å². The number of aromatic nitrogens is 1. The Bertz CT molecular complexity index is 668. The molecule has 0 aliphatic heterocycles. The van der Waals surface area contributed by atoms with E-state index >= 15 is 0 Å². The number of aromatic carboxylic acids is 1. The predicted octanol–water partition coefficient (Wildman–Crippen LogP) is 2.49. The molecule has 2 rings (SSSR count). The van der Waals surface area contributed by atoms with Crippen molar-refractivity contribution in [3.63, 3.8) is 0 Å². The average Bonchev–Trinajstić information content (AvgIpc) is 2.75. The van der Waals surface area contributed by atoms with Crippen LogP contribution in [0.1, 0.15) is 21.6 Å². The smallest absolute Gasteiger partial charge is 0.354 e. The lowest BCUT2D eigenvalue weighted by Gasteiger charge is -2.10. The summed E-state index contributed by atoms with van der Waals surface area (Å²) in [7, 11) is 0. The fraction of sp³-hybridized carbons (Fsp3) is 0.0769. The van der Waals surface area contributed by atoms with Crippen LogP contribution in [0.25, 0.3) is 5.69 Å². The lowest BCUT2D eigenvalue weighted by atomic mass is 10.2. The number of halogens is 1. The molecule has 0 spiro atoms. The van der Waals surface area contributed by atoms with Crippen LogP contribution in [0.4, 0.5) is 4.39 Å². The molecule has 18 heavy (non-hydrogen) atoms. The Morgan fingerprint density at radius 3 is 2.78 bits per heavy atom.